The van der Waals surface area contributed by atoms with Crippen LogP contribution >= 0.6 is 0 Å². The Hall–Kier alpha value is -2.51. The minimum atomic E-state index is -0.326. The van der Waals surface area contributed by atoms with E-state index in [4.69, 9.17) is 4.74 Å². The molecule has 6 nitrogen and oxygen atoms in total. The van der Waals surface area contributed by atoms with Crippen molar-refractivity contribution in [3.05, 3.63) is 59.5 Å². The van der Waals surface area contributed by atoms with Crippen LogP contribution in [0.4, 0.5) is 10.2 Å². The SMILES string of the molecule is O=C(NCc1ccccc1F)c1ccnc(NCCN2CCOCC2)c1. The third-order valence-electron chi connectivity index (χ3n) is 4.26. The standard InChI is InChI=1S/C19H23FN4O2/c20-17-4-2-1-3-16(17)14-23-19(25)15-5-6-21-18(13-15)22-7-8-24-9-11-26-12-10-24/h1-6,13H,7-12,14H2,(H,21,22)(H,23,25). The summed E-state index contributed by atoms with van der Waals surface area (Å²) in [5.41, 5.74) is 0.948. The molecule has 1 saturated heterocycles. The number of hydrogen-bond acceptors (Lipinski definition) is 5. The Morgan fingerprint density at radius 2 is 2.04 bits per heavy atom. The fraction of sp³-hybridized carbons (Fsp3) is 0.368. The van der Waals surface area contributed by atoms with Crippen LogP contribution in [-0.4, -0.2) is 55.2 Å². The number of halogens is 1. The van der Waals surface area contributed by atoms with Gasteiger partial charge < -0.3 is 15.4 Å². The lowest BCUT2D eigenvalue weighted by Gasteiger charge is -2.26. The minimum Gasteiger partial charge on any atom is -0.379 e. The van der Waals surface area contributed by atoms with Gasteiger partial charge in [0.2, 0.25) is 0 Å². The van der Waals surface area contributed by atoms with Gasteiger partial charge in [0.15, 0.2) is 0 Å². The van der Waals surface area contributed by atoms with Crippen LogP contribution in [0.2, 0.25) is 0 Å². The highest BCUT2D eigenvalue weighted by Gasteiger charge is 2.11. The summed E-state index contributed by atoms with van der Waals surface area (Å²) in [7, 11) is 0. The van der Waals surface area contributed by atoms with Crippen LogP contribution in [0.15, 0.2) is 42.6 Å². The van der Waals surface area contributed by atoms with Crippen LogP contribution in [0.3, 0.4) is 0 Å². The molecule has 1 aromatic carbocycles. The largest absolute Gasteiger partial charge is 0.379 e. The second-order valence-electron chi connectivity index (χ2n) is 6.08. The Morgan fingerprint density at radius 3 is 2.85 bits per heavy atom. The molecule has 7 heteroatoms. The van der Waals surface area contributed by atoms with Gasteiger partial charge in [-0.2, -0.15) is 0 Å². The number of rotatable bonds is 7. The molecule has 1 fully saturated rings. The molecule has 0 radical (unpaired) electrons. The zero-order valence-electron chi connectivity index (χ0n) is 14.6. The summed E-state index contributed by atoms with van der Waals surface area (Å²) in [6.07, 6.45) is 1.59. The molecule has 2 heterocycles. The summed E-state index contributed by atoms with van der Waals surface area (Å²) in [5, 5.41) is 5.97. The molecule has 3 rings (SSSR count). The summed E-state index contributed by atoms with van der Waals surface area (Å²) < 4.78 is 18.9. The van der Waals surface area contributed by atoms with E-state index >= 15 is 0 Å². The van der Waals surface area contributed by atoms with E-state index in [0.29, 0.717) is 16.9 Å². The molecule has 0 saturated carbocycles. The first kappa shape index (κ1) is 18.3. The number of morpholine rings is 1. The van der Waals surface area contributed by atoms with Crippen molar-refractivity contribution >= 4 is 11.7 Å². The molecular weight excluding hydrogens is 335 g/mol. The number of ether oxygens (including phenoxy) is 1. The second kappa shape index (κ2) is 9.26. The average molecular weight is 358 g/mol. The van der Waals surface area contributed by atoms with E-state index in [9.17, 15) is 9.18 Å². The highest BCUT2D eigenvalue weighted by molar-refractivity contribution is 5.94. The van der Waals surface area contributed by atoms with Crippen LogP contribution in [0.25, 0.3) is 0 Å². The molecule has 2 N–H and O–H groups in total. The summed E-state index contributed by atoms with van der Waals surface area (Å²) in [6.45, 7) is 5.21. The number of benzene rings is 1. The number of nitrogens with zero attached hydrogens (tertiary/aromatic N) is 2. The van der Waals surface area contributed by atoms with E-state index in [1.165, 1.54) is 6.07 Å². The lowest BCUT2D eigenvalue weighted by atomic mass is 10.2. The van der Waals surface area contributed by atoms with Crippen LogP contribution in [0.1, 0.15) is 15.9 Å². The van der Waals surface area contributed by atoms with Crippen molar-refractivity contribution in [1.82, 2.24) is 15.2 Å². The molecule has 1 aliphatic rings. The van der Waals surface area contributed by atoms with Crippen molar-refractivity contribution in [3.8, 4) is 0 Å². The number of aromatic nitrogens is 1. The third kappa shape index (κ3) is 5.24. The fourth-order valence-corrected chi connectivity index (χ4v) is 2.75. The quantitative estimate of drug-likeness (QED) is 0.791. The first-order valence-corrected chi connectivity index (χ1v) is 8.74. The van der Waals surface area contributed by atoms with Crippen LogP contribution in [-0.2, 0) is 11.3 Å². The van der Waals surface area contributed by atoms with E-state index in [-0.39, 0.29) is 18.3 Å². The minimum absolute atomic E-state index is 0.146. The van der Waals surface area contributed by atoms with Gasteiger partial charge in [-0.25, -0.2) is 9.37 Å². The number of pyridine rings is 1. The van der Waals surface area contributed by atoms with E-state index in [1.54, 1.807) is 36.5 Å². The van der Waals surface area contributed by atoms with Gasteiger partial charge in [0.05, 0.1) is 13.2 Å². The van der Waals surface area contributed by atoms with Gasteiger partial charge in [-0.05, 0) is 18.2 Å². The number of hydrogen-bond donors (Lipinski definition) is 2. The number of nitrogens with one attached hydrogen (secondary N) is 2. The molecule has 0 spiro atoms. The average Bonchev–Trinajstić information content (AvgIpc) is 2.68. The predicted molar refractivity (Wildman–Crippen MR) is 97.6 cm³/mol. The number of amides is 1. The number of anilines is 1. The smallest absolute Gasteiger partial charge is 0.251 e. The number of carbonyl (C=O) groups is 1. The van der Waals surface area contributed by atoms with Crippen molar-refractivity contribution in [2.45, 2.75) is 6.54 Å². The van der Waals surface area contributed by atoms with Crippen LogP contribution in [0.5, 0.6) is 0 Å². The third-order valence-corrected chi connectivity index (χ3v) is 4.26. The Balaban J connectivity index is 1.49. The van der Waals surface area contributed by atoms with Gasteiger partial charge in [0.25, 0.3) is 5.91 Å². The van der Waals surface area contributed by atoms with Gasteiger partial charge in [0.1, 0.15) is 11.6 Å². The normalized spacial score (nSPS) is 14.8. The first-order chi connectivity index (χ1) is 12.7. The Labute approximate surface area is 152 Å². The monoisotopic (exact) mass is 358 g/mol. The van der Waals surface area contributed by atoms with Crippen molar-refractivity contribution in [1.29, 1.82) is 0 Å². The molecule has 138 valence electrons. The van der Waals surface area contributed by atoms with Gasteiger partial charge in [-0.1, -0.05) is 18.2 Å². The lowest BCUT2D eigenvalue weighted by Crippen LogP contribution is -2.39. The van der Waals surface area contributed by atoms with E-state index in [1.807, 2.05) is 0 Å². The van der Waals surface area contributed by atoms with E-state index < -0.39 is 0 Å². The van der Waals surface area contributed by atoms with Crippen LogP contribution < -0.4 is 10.6 Å². The lowest BCUT2D eigenvalue weighted by molar-refractivity contribution is 0.0398. The summed E-state index contributed by atoms with van der Waals surface area (Å²) in [5.74, 6) is 0.0664. The maximum atomic E-state index is 13.6. The highest BCUT2D eigenvalue weighted by atomic mass is 19.1. The molecule has 1 amide bonds. The highest BCUT2D eigenvalue weighted by Crippen LogP contribution is 2.09. The zero-order valence-corrected chi connectivity index (χ0v) is 14.6. The molecule has 0 unspecified atom stereocenters. The summed E-state index contributed by atoms with van der Waals surface area (Å²) >= 11 is 0. The van der Waals surface area contributed by atoms with E-state index in [0.717, 1.165) is 39.4 Å². The molecule has 1 aliphatic heterocycles. The van der Waals surface area contributed by atoms with Crippen molar-refractivity contribution in [2.75, 3.05) is 44.7 Å². The summed E-state index contributed by atoms with van der Waals surface area (Å²) in [6, 6.07) is 9.75. The van der Waals surface area contributed by atoms with Gasteiger partial charge in [-0.3, -0.25) is 9.69 Å². The molecule has 26 heavy (non-hydrogen) atoms. The Morgan fingerprint density at radius 1 is 1.23 bits per heavy atom. The fourth-order valence-electron chi connectivity index (χ4n) is 2.75. The van der Waals surface area contributed by atoms with Gasteiger partial charge >= 0.3 is 0 Å². The van der Waals surface area contributed by atoms with Gasteiger partial charge in [0, 0.05) is 50.0 Å². The molecule has 0 bridgehead atoms. The molecular formula is C19H23FN4O2. The maximum Gasteiger partial charge on any atom is 0.251 e. The summed E-state index contributed by atoms with van der Waals surface area (Å²) in [4.78, 5) is 18.9. The maximum absolute atomic E-state index is 13.6. The van der Waals surface area contributed by atoms with Crippen molar-refractivity contribution < 1.29 is 13.9 Å². The molecule has 2 aromatic rings. The van der Waals surface area contributed by atoms with Crippen molar-refractivity contribution in [3.63, 3.8) is 0 Å². The van der Waals surface area contributed by atoms with Gasteiger partial charge in [-0.15, -0.1) is 0 Å². The van der Waals surface area contributed by atoms with Crippen LogP contribution in [0, 0.1) is 5.82 Å². The first-order valence-electron chi connectivity index (χ1n) is 8.74. The molecule has 1 aromatic heterocycles. The zero-order chi connectivity index (χ0) is 18.2. The topological polar surface area (TPSA) is 66.5 Å². The molecule has 0 aliphatic carbocycles. The predicted octanol–water partition coefficient (Wildman–Crippen LogP) is 1.89. The Kier molecular flexibility index (Phi) is 6.51. The second-order valence-corrected chi connectivity index (χ2v) is 6.08. The van der Waals surface area contributed by atoms with Crippen molar-refractivity contribution in [2.24, 2.45) is 0 Å². The molecule has 0 atom stereocenters. The Bertz CT molecular complexity index is 735. The number of carbonyl (C=O) groups excluding carboxylic acids is 1. The van der Waals surface area contributed by atoms with E-state index in [2.05, 4.69) is 20.5 Å².